The molecular formula is C16H21FN4O3. The van der Waals surface area contributed by atoms with Gasteiger partial charge in [-0.3, -0.25) is 14.9 Å². The van der Waals surface area contributed by atoms with Crippen molar-refractivity contribution < 1.29 is 18.7 Å². The van der Waals surface area contributed by atoms with Crippen molar-refractivity contribution in [3.63, 3.8) is 0 Å². The number of imide groups is 1. The van der Waals surface area contributed by atoms with Gasteiger partial charge in [-0.25, -0.2) is 4.39 Å². The number of benzene rings is 1. The number of amides is 2. The lowest BCUT2D eigenvalue weighted by atomic mass is 10.0. The van der Waals surface area contributed by atoms with Gasteiger partial charge in [-0.1, -0.05) is 0 Å². The van der Waals surface area contributed by atoms with E-state index < -0.39 is 5.82 Å². The molecule has 0 saturated carbocycles. The van der Waals surface area contributed by atoms with Crippen molar-refractivity contribution in [3.8, 4) is 5.75 Å². The van der Waals surface area contributed by atoms with Gasteiger partial charge in [-0.2, -0.15) is 0 Å². The van der Waals surface area contributed by atoms with Crippen LogP contribution in [0.5, 0.6) is 5.75 Å². The summed E-state index contributed by atoms with van der Waals surface area (Å²) in [5.74, 6) is -0.998. The Hall–Kier alpha value is -2.35. The summed E-state index contributed by atoms with van der Waals surface area (Å²) in [6.45, 7) is 3.07. The Balaban J connectivity index is 1.82. The number of hydrogen-bond donors (Lipinski definition) is 3. The van der Waals surface area contributed by atoms with E-state index in [0.29, 0.717) is 11.4 Å². The molecule has 2 aliphatic heterocycles. The van der Waals surface area contributed by atoms with E-state index in [-0.39, 0.29) is 36.4 Å². The smallest absolute Gasteiger partial charge is 0.228 e. The molecule has 0 bridgehead atoms. The highest BCUT2D eigenvalue weighted by atomic mass is 19.1. The summed E-state index contributed by atoms with van der Waals surface area (Å²) in [5.41, 5.74) is 0.942. The highest BCUT2D eigenvalue weighted by Gasteiger charge is 2.27. The molecule has 2 amide bonds. The Kier molecular flexibility index (Phi) is 4.84. The SMILES string of the molecule is COc1c(NC2CC(=O)NC(=O)C2)ccc(N2CCNCC2)c1F. The minimum atomic E-state index is -0.434. The van der Waals surface area contributed by atoms with E-state index in [1.54, 1.807) is 12.1 Å². The summed E-state index contributed by atoms with van der Waals surface area (Å²) >= 11 is 0. The molecule has 2 aliphatic rings. The molecule has 7 nitrogen and oxygen atoms in total. The van der Waals surface area contributed by atoms with Crippen molar-refractivity contribution in [2.45, 2.75) is 18.9 Å². The van der Waals surface area contributed by atoms with E-state index in [9.17, 15) is 14.0 Å². The molecule has 2 saturated heterocycles. The van der Waals surface area contributed by atoms with Gasteiger partial charge in [0.05, 0.1) is 18.5 Å². The monoisotopic (exact) mass is 336 g/mol. The molecule has 0 atom stereocenters. The summed E-state index contributed by atoms with van der Waals surface area (Å²) in [6, 6.07) is 3.07. The number of hydrogen-bond acceptors (Lipinski definition) is 6. The molecule has 2 fully saturated rings. The maximum absolute atomic E-state index is 14.9. The van der Waals surface area contributed by atoms with Crippen LogP contribution in [0.25, 0.3) is 0 Å². The molecule has 3 rings (SSSR count). The predicted molar refractivity (Wildman–Crippen MR) is 87.8 cm³/mol. The number of rotatable bonds is 4. The summed E-state index contributed by atoms with van der Waals surface area (Å²) in [4.78, 5) is 24.9. The van der Waals surface area contributed by atoms with Gasteiger partial charge >= 0.3 is 0 Å². The molecule has 0 spiro atoms. The third kappa shape index (κ3) is 3.43. The Labute approximate surface area is 139 Å². The molecule has 130 valence electrons. The highest BCUT2D eigenvalue weighted by Crippen LogP contribution is 2.35. The summed E-state index contributed by atoms with van der Waals surface area (Å²) < 4.78 is 20.1. The van der Waals surface area contributed by atoms with Crippen molar-refractivity contribution in [1.29, 1.82) is 0 Å². The Morgan fingerprint density at radius 1 is 1.21 bits per heavy atom. The number of halogens is 1. The quantitative estimate of drug-likeness (QED) is 0.693. The van der Waals surface area contributed by atoms with Crippen LogP contribution in [0.4, 0.5) is 15.8 Å². The van der Waals surface area contributed by atoms with Crippen molar-refractivity contribution in [1.82, 2.24) is 10.6 Å². The van der Waals surface area contributed by atoms with Crippen LogP contribution in [-0.4, -0.2) is 51.1 Å². The number of nitrogens with one attached hydrogen (secondary N) is 3. The van der Waals surface area contributed by atoms with Crippen LogP contribution >= 0.6 is 0 Å². The van der Waals surface area contributed by atoms with E-state index in [4.69, 9.17) is 4.74 Å². The van der Waals surface area contributed by atoms with Gasteiger partial charge < -0.3 is 20.3 Å². The lowest BCUT2D eigenvalue weighted by Gasteiger charge is -2.31. The van der Waals surface area contributed by atoms with Crippen molar-refractivity contribution >= 4 is 23.2 Å². The maximum atomic E-state index is 14.9. The zero-order valence-electron chi connectivity index (χ0n) is 13.5. The predicted octanol–water partition coefficient (Wildman–Crippen LogP) is 0.461. The van der Waals surface area contributed by atoms with Crippen LogP contribution in [0.2, 0.25) is 0 Å². The van der Waals surface area contributed by atoms with Crippen LogP contribution in [0, 0.1) is 5.82 Å². The average molecular weight is 336 g/mol. The molecule has 2 heterocycles. The highest BCUT2D eigenvalue weighted by molar-refractivity contribution is 5.98. The fraction of sp³-hybridized carbons (Fsp3) is 0.500. The van der Waals surface area contributed by atoms with Crippen LogP contribution in [0.1, 0.15) is 12.8 Å². The first-order valence-corrected chi connectivity index (χ1v) is 8.00. The van der Waals surface area contributed by atoms with Gasteiger partial charge in [0, 0.05) is 45.1 Å². The van der Waals surface area contributed by atoms with Crippen molar-refractivity contribution in [2.75, 3.05) is 43.5 Å². The topological polar surface area (TPSA) is 82.7 Å². The molecule has 1 aromatic rings. The van der Waals surface area contributed by atoms with E-state index in [1.807, 2.05) is 4.90 Å². The number of piperidine rings is 1. The average Bonchev–Trinajstić information content (AvgIpc) is 2.55. The second kappa shape index (κ2) is 7.04. The fourth-order valence-corrected chi connectivity index (χ4v) is 3.11. The lowest BCUT2D eigenvalue weighted by Crippen LogP contribution is -2.44. The summed E-state index contributed by atoms with van der Waals surface area (Å²) in [6.07, 6.45) is 0.326. The van der Waals surface area contributed by atoms with Gasteiger partial charge in [0.1, 0.15) is 0 Å². The molecule has 0 radical (unpaired) electrons. The third-order valence-corrected chi connectivity index (χ3v) is 4.24. The zero-order chi connectivity index (χ0) is 17.1. The Bertz CT molecular complexity index is 630. The first-order valence-electron chi connectivity index (χ1n) is 8.00. The number of carbonyl (C=O) groups excluding carboxylic acids is 2. The summed E-state index contributed by atoms with van der Waals surface area (Å²) in [5, 5.41) is 8.53. The minimum absolute atomic E-state index is 0.101. The molecule has 0 unspecified atom stereocenters. The standard InChI is InChI=1S/C16H21FN4O3/c1-24-16-11(19-10-8-13(22)20-14(23)9-10)2-3-12(15(16)17)21-6-4-18-5-7-21/h2-3,10,18-19H,4-9H2,1H3,(H,20,22,23). The van der Waals surface area contributed by atoms with Crippen LogP contribution in [0.15, 0.2) is 12.1 Å². The molecule has 8 heteroatoms. The molecule has 0 aromatic heterocycles. The van der Waals surface area contributed by atoms with E-state index in [0.717, 1.165) is 26.2 Å². The van der Waals surface area contributed by atoms with E-state index >= 15 is 0 Å². The van der Waals surface area contributed by atoms with Crippen LogP contribution in [0.3, 0.4) is 0 Å². The van der Waals surface area contributed by atoms with Gasteiger partial charge in [0.15, 0.2) is 11.6 Å². The number of nitrogens with zero attached hydrogens (tertiary/aromatic N) is 1. The third-order valence-electron chi connectivity index (χ3n) is 4.24. The second-order valence-corrected chi connectivity index (χ2v) is 5.94. The Morgan fingerprint density at radius 3 is 2.50 bits per heavy atom. The number of piperazine rings is 1. The summed E-state index contributed by atoms with van der Waals surface area (Å²) in [7, 11) is 1.41. The molecule has 24 heavy (non-hydrogen) atoms. The van der Waals surface area contributed by atoms with Crippen LogP contribution in [-0.2, 0) is 9.59 Å². The normalized spacial score (nSPS) is 19.2. The number of ether oxygens (including phenoxy) is 1. The largest absolute Gasteiger partial charge is 0.492 e. The first-order chi connectivity index (χ1) is 11.6. The number of methoxy groups -OCH3 is 1. The van der Waals surface area contributed by atoms with Gasteiger partial charge in [0.2, 0.25) is 11.8 Å². The maximum Gasteiger partial charge on any atom is 0.228 e. The van der Waals surface area contributed by atoms with E-state index in [2.05, 4.69) is 16.0 Å². The van der Waals surface area contributed by atoms with Crippen molar-refractivity contribution in [2.24, 2.45) is 0 Å². The first kappa shape index (κ1) is 16.5. The second-order valence-electron chi connectivity index (χ2n) is 5.94. The van der Waals surface area contributed by atoms with Crippen LogP contribution < -0.4 is 25.6 Å². The molecule has 0 aliphatic carbocycles. The van der Waals surface area contributed by atoms with Gasteiger partial charge in [-0.05, 0) is 12.1 Å². The lowest BCUT2D eigenvalue weighted by molar-refractivity contribution is -0.133. The van der Waals surface area contributed by atoms with Gasteiger partial charge in [-0.15, -0.1) is 0 Å². The zero-order valence-corrected chi connectivity index (χ0v) is 13.5. The van der Waals surface area contributed by atoms with Crippen molar-refractivity contribution in [3.05, 3.63) is 17.9 Å². The fourth-order valence-electron chi connectivity index (χ4n) is 3.11. The molecule has 3 N–H and O–H groups in total. The number of anilines is 2. The molecule has 1 aromatic carbocycles. The van der Waals surface area contributed by atoms with E-state index in [1.165, 1.54) is 7.11 Å². The van der Waals surface area contributed by atoms with Gasteiger partial charge in [0.25, 0.3) is 0 Å². The Morgan fingerprint density at radius 2 is 1.88 bits per heavy atom. The number of carbonyl (C=O) groups is 2. The minimum Gasteiger partial charge on any atom is -0.492 e. The molecular weight excluding hydrogens is 315 g/mol.